The number of nitrogens with two attached hydrogens (primary N) is 1. The Morgan fingerprint density at radius 3 is 2.75 bits per heavy atom. The fraction of sp³-hybridized carbons (Fsp3) is 0.143. The van der Waals surface area contributed by atoms with Crippen LogP contribution >= 0.6 is 11.6 Å². The Morgan fingerprint density at radius 2 is 2.10 bits per heavy atom. The first-order chi connectivity index (χ1) is 9.60. The Balaban J connectivity index is 2.02. The number of aromatic nitrogens is 1. The first-order valence-corrected chi connectivity index (χ1v) is 6.30. The van der Waals surface area contributed by atoms with E-state index in [0.717, 1.165) is 11.3 Å². The molecule has 0 unspecified atom stereocenters. The van der Waals surface area contributed by atoms with Gasteiger partial charge < -0.3 is 15.8 Å². The summed E-state index contributed by atoms with van der Waals surface area (Å²) in [4.78, 5) is 15.8. The lowest BCUT2D eigenvalue weighted by Crippen LogP contribution is -2.23. The van der Waals surface area contributed by atoms with Crippen LogP contribution in [-0.2, 0) is 6.54 Å². The summed E-state index contributed by atoms with van der Waals surface area (Å²) in [6, 6.07) is 8.91. The summed E-state index contributed by atoms with van der Waals surface area (Å²) in [5.41, 5.74) is 7.20. The molecule has 0 radical (unpaired) electrons. The maximum absolute atomic E-state index is 12.0. The molecule has 20 heavy (non-hydrogen) atoms. The van der Waals surface area contributed by atoms with Crippen molar-refractivity contribution in [1.82, 2.24) is 10.3 Å². The van der Waals surface area contributed by atoms with Crippen molar-refractivity contribution in [2.45, 2.75) is 6.54 Å². The number of pyridine rings is 1. The van der Waals surface area contributed by atoms with E-state index in [1.807, 2.05) is 24.3 Å². The normalized spacial score (nSPS) is 10.1. The molecule has 6 heteroatoms. The monoisotopic (exact) mass is 291 g/mol. The highest BCUT2D eigenvalue weighted by Gasteiger charge is 2.11. The van der Waals surface area contributed by atoms with Crippen LogP contribution in [0.15, 0.2) is 36.5 Å². The number of benzene rings is 1. The van der Waals surface area contributed by atoms with Gasteiger partial charge in [-0.15, -0.1) is 0 Å². The minimum Gasteiger partial charge on any atom is -0.497 e. The first kappa shape index (κ1) is 14.1. The number of hydrogen-bond donors (Lipinski definition) is 2. The van der Waals surface area contributed by atoms with Gasteiger partial charge in [-0.05, 0) is 23.8 Å². The Morgan fingerprint density at radius 1 is 1.40 bits per heavy atom. The molecule has 1 aromatic heterocycles. The molecule has 0 aliphatic carbocycles. The second-order valence-corrected chi connectivity index (χ2v) is 4.50. The molecule has 0 saturated carbocycles. The molecule has 0 bridgehead atoms. The zero-order valence-electron chi connectivity index (χ0n) is 10.9. The maximum Gasteiger partial charge on any atom is 0.254 e. The Bertz CT molecular complexity index is 614. The highest BCUT2D eigenvalue weighted by molar-refractivity contribution is 6.32. The van der Waals surface area contributed by atoms with Crippen LogP contribution < -0.4 is 15.8 Å². The van der Waals surface area contributed by atoms with Gasteiger partial charge in [-0.25, -0.2) is 4.98 Å². The second kappa shape index (κ2) is 6.25. The third-order valence-electron chi connectivity index (χ3n) is 2.72. The van der Waals surface area contributed by atoms with Crippen LogP contribution in [0.3, 0.4) is 0 Å². The summed E-state index contributed by atoms with van der Waals surface area (Å²) < 4.78 is 5.07. The summed E-state index contributed by atoms with van der Waals surface area (Å²) in [5.74, 6) is 0.453. The van der Waals surface area contributed by atoms with E-state index in [9.17, 15) is 4.79 Å². The standard InChI is InChI=1S/C14H14ClN3O2/c1-20-11-4-2-9(3-5-11)7-18-14(19)12-6-10(16)8-17-13(12)15/h2-6,8H,7,16H2,1H3,(H,18,19). The second-order valence-electron chi connectivity index (χ2n) is 4.14. The predicted molar refractivity (Wildman–Crippen MR) is 77.8 cm³/mol. The molecule has 0 atom stereocenters. The van der Waals surface area contributed by atoms with E-state index in [-0.39, 0.29) is 16.6 Å². The Hall–Kier alpha value is -2.27. The van der Waals surface area contributed by atoms with Crippen LogP contribution in [0.25, 0.3) is 0 Å². The quantitative estimate of drug-likeness (QED) is 0.847. The van der Waals surface area contributed by atoms with E-state index in [2.05, 4.69) is 10.3 Å². The van der Waals surface area contributed by atoms with E-state index in [0.29, 0.717) is 12.2 Å². The highest BCUT2D eigenvalue weighted by atomic mass is 35.5. The smallest absolute Gasteiger partial charge is 0.254 e. The molecular weight excluding hydrogens is 278 g/mol. The van der Waals surface area contributed by atoms with Gasteiger partial charge in [0.2, 0.25) is 0 Å². The Kier molecular flexibility index (Phi) is 4.42. The zero-order valence-corrected chi connectivity index (χ0v) is 11.6. The van der Waals surface area contributed by atoms with Gasteiger partial charge >= 0.3 is 0 Å². The number of rotatable bonds is 4. The average Bonchev–Trinajstić information content (AvgIpc) is 2.47. The number of methoxy groups -OCH3 is 1. The first-order valence-electron chi connectivity index (χ1n) is 5.92. The van der Waals surface area contributed by atoms with Gasteiger partial charge in [0.15, 0.2) is 0 Å². The molecule has 1 amide bonds. The van der Waals surface area contributed by atoms with Gasteiger partial charge in [-0.1, -0.05) is 23.7 Å². The van der Waals surface area contributed by atoms with Crippen LogP contribution in [0.2, 0.25) is 5.15 Å². The van der Waals surface area contributed by atoms with Crippen molar-refractivity contribution in [2.75, 3.05) is 12.8 Å². The van der Waals surface area contributed by atoms with Crippen molar-refractivity contribution in [3.63, 3.8) is 0 Å². The summed E-state index contributed by atoms with van der Waals surface area (Å²) >= 11 is 5.87. The largest absolute Gasteiger partial charge is 0.497 e. The molecule has 2 aromatic rings. The number of amides is 1. The number of hydrogen-bond acceptors (Lipinski definition) is 4. The van der Waals surface area contributed by atoms with E-state index < -0.39 is 0 Å². The summed E-state index contributed by atoms with van der Waals surface area (Å²) in [7, 11) is 1.60. The van der Waals surface area contributed by atoms with E-state index in [1.54, 1.807) is 7.11 Å². The SMILES string of the molecule is COc1ccc(CNC(=O)c2cc(N)cnc2Cl)cc1. The van der Waals surface area contributed by atoms with E-state index in [4.69, 9.17) is 22.1 Å². The summed E-state index contributed by atoms with van der Waals surface area (Å²) in [6.45, 7) is 0.383. The summed E-state index contributed by atoms with van der Waals surface area (Å²) in [5, 5.41) is 2.89. The predicted octanol–water partition coefficient (Wildman–Crippen LogP) is 2.26. The number of ether oxygens (including phenoxy) is 1. The lowest BCUT2D eigenvalue weighted by atomic mass is 10.2. The van der Waals surface area contributed by atoms with Crippen molar-refractivity contribution in [2.24, 2.45) is 0 Å². The topological polar surface area (TPSA) is 77.2 Å². The van der Waals surface area contributed by atoms with Gasteiger partial charge in [0, 0.05) is 6.54 Å². The molecule has 104 valence electrons. The van der Waals surface area contributed by atoms with Gasteiger partial charge in [-0.3, -0.25) is 4.79 Å². The number of nitrogen functional groups attached to an aromatic ring is 1. The maximum atomic E-state index is 12.0. The zero-order chi connectivity index (χ0) is 14.5. The van der Waals surface area contributed by atoms with Gasteiger partial charge in [-0.2, -0.15) is 0 Å². The van der Waals surface area contributed by atoms with Gasteiger partial charge in [0.1, 0.15) is 10.9 Å². The molecule has 0 saturated heterocycles. The fourth-order valence-electron chi connectivity index (χ4n) is 1.64. The van der Waals surface area contributed by atoms with Crippen LogP contribution in [0, 0.1) is 0 Å². The highest BCUT2D eigenvalue weighted by Crippen LogP contribution is 2.16. The van der Waals surface area contributed by atoms with Gasteiger partial charge in [0.25, 0.3) is 5.91 Å². The lowest BCUT2D eigenvalue weighted by molar-refractivity contribution is 0.0951. The van der Waals surface area contributed by atoms with Gasteiger partial charge in [0.05, 0.1) is 24.6 Å². The molecule has 3 N–H and O–H groups in total. The number of carbonyl (C=O) groups is 1. The van der Waals surface area contributed by atoms with Crippen molar-refractivity contribution in [3.8, 4) is 5.75 Å². The molecule has 5 nitrogen and oxygen atoms in total. The van der Waals surface area contributed by atoms with Crippen molar-refractivity contribution in [1.29, 1.82) is 0 Å². The van der Waals surface area contributed by atoms with Crippen molar-refractivity contribution < 1.29 is 9.53 Å². The molecule has 0 fully saturated rings. The molecule has 0 spiro atoms. The Labute approximate surface area is 121 Å². The van der Waals surface area contributed by atoms with E-state index in [1.165, 1.54) is 12.3 Å². The molecule has 2 rings (SSSR count). The third kappa shape index (κ3) is 3.39. The number of halogens is 1. The summed E-state index contributed by atoms with van der Waals surface area (Å²) in [6.07, 6.45) is 1.41. The van der Waals surface area contributed by atoms with Crippen LogP contribution in [0.5, 0.6) is 5.75 Å². The lowest BCUT2D eigenvalue weighted by Gasteiger charge is -2.07. The van der Waals surface area contributed by atoms with Crippen molar-refractivity contribution >= 4 is 23.2 Å². The number of carbonyl (C=O) groups excluding carboxylic acids is 1. The van der Waals surface area contributed by atoms with Crippen LogP contribution in [-0.4, -0.2) is 18.0 Å². The molecular formula is C14H14ClN3O2. The molecule has 1 aromatic carbocycles. The number of nitrogens with one attached hydrogen (secondary N) is 1. The van der Waals surface area contributed by atoms with Crippen molar-refractivity contribution in [3.05, 3.63) is 52.8 Å². The fourth-order valence-corrected chi connectivity index (χ4v) is 1.83. The van der Waals surface area contributed by atoms with Crippen LogP contribution in [0.1, 0.15) is 15.9 Å². The third-order valence-corrected chi connectivity index (χ3v) is 3.02. The molecule has 1 heterocycles. The van der Waals surface area contributed by atoms with Crippen LogP contribution in [0.4, 0.5) is 5.69 Å². The minimum atomic E-state index is -0.314. The molecule has 0 aliphatic heterocycles. The average molecular weight is 292 g/mol. The number of nitrogens with zero attached hydrogens (tertiary/aromatic N) is 1. The van der Waals surface area contributed by atoms with E-state index >= 15 is 0 Å². The number of anilines is 1. The molecule has 0 aliphatic rings. The minimum absolute atomic E-state index is 0.131.